The Balaban J connectivity index is 1.96. The second kappa shape index (κ2) is 9.50. The first-order chi connectivity index (χ1) is 15.3. The van der Waals surface area contributed by atoms with Gasteiger partial charge in [-0.1, -0.05) is 90.1 Å². The van der Waals surface area contributed by atoms with Crippen molar-refractivity contribution in [2.45, 2.75) is 90.2 Å². The lowest BCUT2D eigenvalue weighted by molar-refractivity contribution is 0.103. The first kappa shape index (κ1) is 25.3. The van der Waals surface area contributed by atoms with Crippen LogP contribution in [0.25, 0.3) is 0 Å². The summed E-state index contributed by atoms with van der Waals surface area (Å²) in [4.78, 5) is 12.0. The maximum Gasteiger partial charge on any atom is 0.407 e. The van der Waals surface area contributed by atoms with E-state index < -0.39 is 0 Å². The van der Waals surface area contributed by atoms with Crippen molar-refractivity contribution in [1.82, 2.24) is 10.6 Å². The van der Waals surface area contributed by atoms with Gasteiger partial charge >= 0.3 is 6.09 Å². The van der Waals surface area contributed by atoms with Crippen molar-refractivity contribution < 1.29 is 9.53 Å². The van der Waals surface area contributed by atoms with E-state index in [0.717, 1.165) is 6.42 Å². The molecule has 2 unspecified atom stereocenters. The lowest BCUT2D eigenvalue weighted by Crippen LogP contribution is -2.43. The lowest BCUT2D eigenvalue weighted by Gasteiger charge is -2.36. The minimum atomic E-state index is -0.339. The van der Waals surface area contributed by atoms with Gasteiger partial charge in [-0.25, -0.2) is 4.79 Å². The van der Waals surface area contributed by atoms with Gasteiger partial charge in [0.1, 0.15) is 6.10 Å². The normalized spacial score (nSPS) is 21.3. The molecule has 2 atom stereocenters. The Bertz CT molecular complexity index is 878. The van der Waals surface area contributed by atoms with Gasteiger partial charge in [-0.05, 0) is 46.9 Å². The molecule has 1 fully saturated rings. The van der Waals surface area contributed by atoms with Gasteiger partial charge in [0.25, 0.3) is 0 Å². The Morgan fingerprint density at radius 1 is 0.970 bits per heavy atom. The van der Waals surface area contributed by atoms with E-state index in [-0.39, 0.29) is 34.5 Å². The Labute approximate surface area is 200 Å². The maximum atomic E-state index is 12.0. The van der Waals surface area contributed by atoms with Gasteiger partial charge in [0.2, 0.25) is 0 Å². The van der Waals surface area contributed by atoms with Crippen molar-refractivity contribution in [3.63, 3.8) is 0 Å². The molecule has 1 saturated heterocycles. The van der Waals surface area contributed by atoms with Crippen molar-refractivity contribution in [3.8, 4) is 0 Å². The molecule has 3 rings (SSSR count). The highest BCUT2D eigenvalue weighted by molar-refractivity contribution is 5.67. The molecule has 0 radical (unpaired) electrons. The van der Waals surface area contributed by atoms with E-state index in [1.807, 2.05) is 6.92 Å². The van der Waals surface area contributed by atoms with Crippen LogP contribution in [0.1, 0.15) is 90.0 Å². The molecule has 2 aromatic rings. The zero-order valence-corrected chi connectivity index (χ0v) is 21.7. The zero-order chi connectivity index (χ0) is 24.4. The van der Waals surface area contributed by atoms with Crippen LogP contribution >= 0.6 is 0 Å². The zero-order valence-electron chi connectivity index (χ0n) is 21.7. The highest BCUT2D eigenvalue weighted by Gasteiger charge is 2.44. The van der Waals surface area contributed by atoms with Gasteiger partial charge in [0.15, 0.2) is 0 Å². The van der Waals surface area contributed by atoms with Crippen LogP contribution in [0.5, 0.6) is 0 Å². The van der Waals surface area contributed by atoms with Gasteiger partial charge in [0, 0.05) is 31.0 Å². The second-order valence-corrected chi connectivity index (χ2v) is 11.7. The molecule has 2 aromatic carbocycles. The average molecular weight is 451 g/mol. The Kier molecular flexibility index (Phi) is 7.28. The number of amides is 1. The fourth-order valence-electron chi connectivity index (χ4n) is 4.88. The van der Waals surface area contributed by atoms with Crippen molar-refractivity contribution in [2.24, 2.45) is 0 Å². The summed E-state index contributed by atoms with van der Waals surface area (Å²) in [7, 11) is 0. The molecule has 4 heteroatoms. The van der Waals surface area contributed by atoms with Gasteiger partial charge in [-0.15, -0.1) is 0 Å². The number of ether oxygens (including phenoxy) is 1. The van der Waals surface area contributed by atoms with Crippen LogP contribution in [0.4, 0.5) is 4.79 Å². The fraction of sp³-hybridized carbons (Fsp3) is 0.552. The molecule has 0 aromatic heterocycles. The number of hydrogen-bond acceptors (Lipinski definition) is 3. The number of carbonyl (C=O) groups is 1. The van der Waals surface area contributed by atoms with Gasteiger partial charge < -0.3 is 15.4 Å². The molecule has 4 nitrogen and oxygen atoms in total. The summed E-state index contributed by atoms with van der Waals surface area (Å²) in [6, 6.07) is 18.1. The van der Waals surface area contributed by atoms with Crippen LogP contribution in [0.15, 0.2) is 48.5 Å². The summed E-state index contributed by atoms with van der Waals surface area (Å²) in [5, 5.41) is 6.46. The summed E-state index contributed by atoms with van der Waals surface area (Å²) in [5.41, 5.74) is 5.21. The van der Waals surface area contributed by atoms with E-state index in [0.29, 0.717) is 13.1 Å². The monoisotopic (exact) mass is 450 g/mol. The van der Waals surface area contributed by atoms with E-state index in [2.05, 4.69) is 108 Å². The molecule has 0 spiro atoms. The highest BCUT2D eigenvalue weighted by atomic mass is 16.6. The minimum Gasteiger partial charge on any atom is -0.445 e. The number of alkyl carbamates (subject to hydrolysis) is 1. The molecule has 1 amide bonds. The van der Waals surface area contributed by atoms with Crippen LogP contribution in [-0.2, 0) is 15.6 Å². The first-order valence-corrected chi connectivity index (χ1v) is 12.2. The van der Waals surface area contributed by atoms with E-state index in [1.165, 1.54) is 22.3 Å². The molecule has 1 heterocycles. The summed E-state index contributed by atoms with van der Waals surface area (Å²) >= 11 is 0. The smallest absolute Gasteiger partial charge is 0.407 e. The number of hydrogen-bond donors (Lipinski definition) is 2. The molecule has 33 heavy (non-hydrogen) atoms. The molecule has 0 aliphatic carbocycles. The van der Waals surface area contributed by atoms with Gasteiger partial charge in [-0.3, -0.25) is 0 Å². The fourth-order valence-corrected chi connectivity index (χ4v) is 4.88. The predicted molar refractivity (Wildman–Crippen MR) is 137 cm³/mol. The average Bonchev–Trinajstić information content (AvgIpc) is 3.08. The molecular formula is C29H42N2O2. The molecule has 180 valence electrons. The number of nitrogens with one attached hydrogen (secondary N) is 2. The van der Waals surface area contributed by atoms with E-state index >= 15 is 0 Å². The second-order valence-electron chi connectivity index (χ2n) is 11.7. The van der Waals surface area contributed by atoms with Crippen LogP contribution < -0.4 is 10.6 Å². The predicted octanol–water partition coefficient (Wildman–Crippen LogP) is 6.28. The lowest BCUT2D eigenvalue weighted by atomic mass is 9.73. The topological polar surface area (TPSA) is 50.4 Å². The third-order valence-corrected chi connectivity index (χ3v) is 6.84. The van der Waals surface area contributed by atoms with Crippen molar-refractivity contribution in [2.75, 3.05) is 13.1 Å². The molecule has 1 aliphatic heterocycles. The van der Waals surface area contributed by atoms with Crippen LogP contribution in [0, 0.1) is 0 Å². The Morgan fingerprint density at radius 3 is 1.82 bits per heavy atom. The molecule has 1 aliphatic rings. The van der Waals surface area contributed by atoms with E-state index in [9.17, 15) is 4.79 Å². The third-order valence-electron chi connectivity index (χ3n) is 6.84. The number of benzene rings is 2. The first-order valence-electron chi connectivity index (χ1n) is 12.2. The summed E-state index contributed by atoms with van der Waals surface area (Å²) < 4.78 is 5.68. The van der Waals surface area contributed by atoms with Gasteiger partial charge in [-0.2, -0.15) is 0 Å². The summed E-state index contributed by atoms with van der Waals surface area (Å²) in [5.74, 6) is 0.142. The summed E-state index contributed by atoms with van der Waals surface area (Å²) in [6.45, 7) is 18.8. The van der Waals surface area contributed by atoms with Gasteiger partial charge in [0.05, 0.1) is 0 Å². The standard InChI is InChI=1S/C29H42N2O2/c1-9-30-26(32)33-24-18-29(8,31-19-24)25(20-10-14-22(15-11-20)27(2,3)4)21-12-16-23(17-13-21)28(5,6)7/h10-17,24-25,31H,9,18-19H2,1-8H3,(H,30,32). The maximum absolute atomic E-state index is 12.0. The van der Waals surface area contributed by atoms with Crippen molar-refractivity contribution >= 4 is 6.09 Å². The van der Waals surface area contributed by atoms with E-state index in [1.54, 1.807) is 0 Å². The van der Waals surface area contributed by atoms with Crippen LogP contribution in [0.2, 0.25) is 0 Å². The number of rotatable bonds is 5. The highest BCUT2D eigenvalue weighted by Crippen LogP contribution is 2.41. The molecule has 2 N–H and O–H groups in total. The summed E-state index contributed by atoms with van der Waals surface area (Å²) in [6.07, 6.45) is 0.275. The molecule has 0 saturated carbocycles. The Hall–Kier alpha value is -2.33. The van der Waals surface area contributed by atoms with Crippen LogP contribution in [-0.4, -0.2) is 30.8 Å². The third kappa shape index (κ3) is 5.97. The van der Waals surface area contributed by atoms with Crippen molar-refractivity contribution in [3.05, 3.63) is 70.8 Å². The molecule has 0 bridgehead atoms. The minimum absolute atomic E-state index is 0.115. The molecular weight excluding hydrogens is 408 g/mol. The SMILES string of the molecule is CCNC(=O)OC1CNC(C)(C(c2ccc(C(C)(C)C)cc2)c2ccc(C(C)(C)C)cc2)C1. The van der Waals surface area contributed by atoms with E-state index in [4.69, 9.17) is 4.74 Å². The van der Waals surface area contributed by atoms with Crippen molar-refractivity contribution in [1.29, 1.82) is 0 Å². The quantitative estimate of drug-likeness (QED) is 0.564. The number of carbonyl (C=O) groups excluding carboxylic acids is 1. The Morgan fingerprint density at radius 2 is 1.42 bits per heavy atom. The van der Waals surface area contributed by atoms with Crippen LogP contribution in [0.3, 0.4) is 0 Å². The largest absolute Gasteiger partial charge is 0.445 e.